The number of guanidine groups is 1. The molecule has 0 atom stereocenters. The molecule has 0 rings (SSSR count). The van der Waals surface area contributed by atoms with Gasteiger partial charge in [0, 0.05) is 0 Å². The molecule has 0 unspecified atom stereocenters. The molecule has 0 amide bonds. The average Bonchev–Trinajstić information content (AvgIpc) is 1.82. The van der Waals surface area contributed by atoms with Gasteiger partial charge in [0.2, 0.25) is 0 Å². The van der Waals surface area contributed by atoms with Crippen LogP contribution in [0.3, 0.4) is 0 Å². The zero-order valence-corrected chi connectivity index (χ0v) is 4.65. The third-order valence-corrected chi connectivity index (χ3v) is 0.577. The summed E-state index contributed by atoms with van der Waals surface area (Å²) in [6.45, 7) is 0. The smallest absolute Gasteiger partial charge is 0.187 e. The van der Waals surface area contributed by atoms with E-state index < -0.39 is 6.04 Å². The minimum Gasteiger partial charge on any atom is -0.370 e. The van der Waals surface area contributed by atoms with Crippen LogP contribution in [0, 0.1) is 0 Å². The average molecular weight is 129 g/mol. The fourth-order valence-corrected chi connectivity index (χ4v) is 0.265. The fraction of sp³-hybridized carbons (Fsp3) is 0.250. The number of carbonyl (C=O) groups excluding carboxylic acids is 2. The fourth-order valence-electron chi connectivity index (χ4n) is 0.265. The largest absolute Gasteiger partial charge is 0.370 e. The van der Waals surface area contributed by atoms with Crippen LogP contribution in [-0.2, 0) is 9.59 Å². The third kappa shape index (κ3) is 3.22. The van der Waals surface area contributed by atoms with Crippen LogP contribution in [0.2, 0.25) is 0 Å². The first-order chi connectivity index (χ1) is 4.20. The van der Waals surface area contributed by atoms with E-state index in [-0.39, 0.29) is 5.96 Å². The van der Waals surface area contributed by atoms with Gasteiger partial charge in [0.05, 0.1) is 0 Å². The maximum absolute atomic E-state index is 9.82. The van der Waals surface area contributed by atoms with Crippen LogP contribution in [0.25, 0.3) is 0 Å². The van der Waals surface area contributed by atoms with Crippen molar-refractivity contribution in [2.45, 2.75) is 6.04 Å². The van der Waals surface area contributed by atoms with Gasteiger partial charge >= 0.3 is 0 Å². The number of nitrogens with zero attached hydrogens (tertiary/aromatic N) is 1. The molecular formula is C4H7N3O2. The highest BCUT2D eigenvalue weighted by Gasteiger charge is 1.99. The molecule has 0 aromatic heterocycles. The van der Waals surface area contributed by atoms with Gasteiger partial charge in [-0.3, -0.25) is 0 Å². The van der Waals surface area contributed by atoms with E-state index in [0.717, 1.165) is 0 Å². The van der Waals surface area contributed by atoms with Crippen LogP contribution >= 0.6 is 0 Å². The zero-order chi connectivity index (χ0) is 7.28. The first kappa shape index (κ1) is 7.61. The van der Waals surface area contributed by atoms with Gasteiger partial charge < -0.3 is 21.1 Å². The Labute approximate surface area is 51.7 Å². The molecule has 5 heteroatoms. The van der Waals surface area contributed by atoms with Crippen molar-refractivity contribution >= 4 is 18.5 Å². The van der Waals surface area contributed by atoms with Crippen molar-refractivity contribution in [3.8, 4) is 0 Å². The molecule has 0 bridgehead atoms. The molecule has 5 nitrogen and oxygen atoms in total. The summed E-state index contributed by atoms with van der Waals surface area (Å²) >= 11 is 0. The van der Waals surface area contributed by atoms with E-state index in [1.165, 1.54) is 0 Å². The van der Waals surface area contributed by atoms with E-state index >= 15 is 0 Å². The molecule has 0 fully saturated rings. The summed E-state index contributed by atoms with van der Waals surface area (Å²) in [6, 6.07) is -1.05. The minimum absolute atomic E-state index is 0.265. The number of nitrogens with two attached hydrogens (primary N) is 2. The van der Waals surface area contributed by atoms with Gasteiger partial charge in [-0.25, -0.2) is 4.99 Å². The van der Waals surface area contributed by atoms with Crippen molar-refractivity contribution in [1.29, 1.82) is 0 Å². The molecule has 9 heavy (non-hydrogen) atoms. The molecule has 0 radical (unpaired) electrons. The van der Waals surface area contributed by atoms with Crippen molar-refractivity contribution in [2.75, 3.05) is 0 Å². The summed E-state index contributed by atoms with van der Waals surface area (Å²) in [6.07, 6.45) is 0.708. The predicted octanol–water partition coefficient (Wildman–Crippen LogP) is -1.97. The van der Waals surface area contributed by atoms with Crippen molar-refractivity contribution in [1.82, 2.24) is 0 Å². The lowest BCUT2D eigenvalue weighted by Crippen LogP contribution is -2.26. The van der Waals surface area contributed by atoms with E-state index in [1.54, 1.807) is 0 Å². The van der Waals surface area contributed by atoms with Gasteiger partial charge in [0.15, 0.2) is 24.6 Å². The number of hydrogen-bond acceptors (Lipinski definition) is 3. The van der Waals surface area contributed by atoms with Crippen molar-refractivity contribution in [3.63, 3.8) is 0 Å². The quantitative estimate of drug-likeness (QED) is 0.200. The second-order valence-corrected chi connectivity index (χ2v) is 1.32. The van der Waals surface area contributed by atoms with E-state index in [2.05, 4.69) is 4.99 Å². The summed E-state index contributed by atoms with van der Waals surface area (Å²) in [5.41, 5.74) is 9.71. The van der Waals surface area contributed by atoms with E-state index in [9.17, 15) is 9.59 Å². The zero-order valence-electron chi connectivity index (χ0n) is 4.65. The maximum Gasteiger partial charge on any atom is 0.187 e. The van der Waals surface area contributed by atoms with Crippen molar-refractivity contribution in [2.24, 2.45) is 16.5 Å². The summed E-state index contributed by atoms with van der Waals surface area (Å²) < 4.78 is 0. The van der Waals surface area contributed by atoms with Gasteiger partial charge in [-0.05, 0) is 0 Å². The molecule has 0 aliphatic heterocycles. The van der Waals surface area contributed by atoms with E-state index in [4.69, 9.17) is 11.5 Å². The Kier molecular flexibility index (Phi) is 3.04. The van der Waals surface area contributed by atoms with Crippen LogP contribution in [0.4, 0.5) is 0 Å². The normalized spacial score (nSPS) is 8.56. The Balaban J connectivity index is 3.98. The minimum atomic E-state index is -1.05. The molecule has 0 saturated heterocycles. The lowest BCUT2D eigenvalue weighted by molar-refractivity contribution is -0.115. The third-order valence-electron chi connectivity index (χ3n) is 0.577. The highest BCUT2D eigenvalue weighted by atomic mass is 16.1. The van der Waals surface area contributed by atoms with E-state index in [1.807, 2.05) is 0 Å². The monoisotopic (exact) mass is 129 g/mol. The Morgan fingerprint density at radius 1 is 1.33 bits per heavy atom. The van der Waals surface area contributed by atoms with E-state index in [0.29, 0.717) is 12.6 Å². The first-order valence-corrected chi connectivity index (χ1v) is 2.20. The Morgan fingerprint density at radius 3 is 1.89 bits per heavy atom. The lowest BCUT2D eigenvalue weighted by Gasteiger charge is -1.91. The van der Waals surface area contributed by atoms with Crippen LogP contribution in [-0.4, -0.2) is 24.6 Å². The lowest BCUT2D eigenvalue weighted by atomic mass is 10.4. The summed E-state index contributed by atoms with van der Waals surface area (Å²) in [5.74, 6) is -0.265. The highest BCUT2D eigenvalue weighted by Crippen LogP contribution is 1.76. The SMILES string of the molecule is NC(N)=NC(C=O)C=O. The number of hydrogen-bond donors (Lipinski definition) is 2. The Morgan fingerprint density at radius 2 is 1.78 bits per heavy atom. The Hall–Kier alpha value is -1.39. The first-order valence-electron chi connectivity index (χ1n) is 2.20. The molecule has 4 N–H and O–H groups in total. The van der Waals surface area contributed by atoms with Crippen molar-refractivity contribution in [3.05, 3.63) is 0 Å². The molecule has 0 aliphatic carbocycles. The molecule has 0 aromatic carbocycles. The molecule has 0 spiro atoms. The second kappa shape index (κ2) is 3.59. The molecule has 0 aromatic rings. The van der Waals surface area contributed by atoms with Crippen LogP contribution in [0.15, 0.2) is 4.99 Å². The highest BCUT2D eigenvalue weighted by molar-refractivity contribution is 5.87. The predicted molar refractivity (Wildman–Crippen MR) is 31.7 cm³/mol. The molecule has 0 heterocycles. The van der Waals surface area contributed by atoms with Gasteiger partial charge in [-0.2, -0.15) is 0 Å². The van der Waals surface area contributed by atoms with Gasteiger partial charge in [-0.15, -0.1) is 0 Å². The van der Waals surface area contributed by atoms with Crippen LogP contribution < -0.4 is 11.5 Å². The number of aldehydes is 2. The standard InChI is InChI=1S/C4H7N3O2/c5-4(6)7-3(1-8)2-9/h1-3H,(H4,5,6,7). The summed E-state index contributed by atoms with van der Waals surface area (Å²) in [5, 5.41) is 0. The van der Waals surface area contributed by atoms with Gasteiger partial charge in [0.1, 0.15) is 0 Å². The summed E-state index contributed by atoms with van der Waals surface area (Å²) in [4.78, 5) is 22.9. The molecule has 0 saturated carbocycles. The molecule has 50 valence electrons. The van der Waals surface area contributed by atoms with Crippen LogP contribution in [0.1, 0.15) is 0 Å². The number of rotatable bonds is 3. The van der Waals surface area contributed by atoms with Crippen LogP contribution in [0.5, 0.6) is 0 Å². The van der Waals surface area contributed by atoms with Gasteiger partial charge in [-0.1, -0.05) is 0 Å². The molecular weight excluding hydrogens is 122 g/mol. The van der Waals surface area contributed by atoms with Crippen molar-refractivity contribution < 1.29 is 9.59 Å². The number of aliphatic imine (C=N–C) groups is 1. The summed E-state index contributed by atoms with van der Waals surface area (Å²) in [7, 11) is 0. The Bertz CT molecular complexity index is 131. The maximum atomic E-state index is 9.82. The second-order valence-electron chi connectivity index (χ2n) is 1.32. The topological polar surface area (TPSA) is 98.5 Å². The number of carbonyl (C=O) groups is 2. The van der Waals surface area contributed by atoms with Gasteiger partial charge in [0.25, 0.3) is 0 Å². The molecule has 0 aliphatic rings.